The molecule has 1 aromatic rings. The summed E-state index contributed by atoms with van der Waals surface area (Å²) in [5.74, 6) is 0. The Balaban J connectivity index is 2.82. The molecule has 0 spiro atoms. The van der Waals surface area contributed by atoms with Crippen molar-refractivity contribution in [1.82, 2.24) is 0 Å². The van der Waals surface area contributed by atoms with E-state index in [1.54, 1.807) is 0 Å². The lowest BCUT2D eigenvalue weighted by molar-refractivity contribution is 0.0876. The molecule has 0 aliphatic carbocycles. The van der Waals surface area contributed by atoms with Crippen LogP contribution in [0.25, 0.3) is 0 Å². The van der Waals surface area contributed by atoms with Gasteiger partial charge in [-0.05, 0) is 45.4 Å². The minimum Gasteiger partial charge on any atom is -0.389 e. The molecule has 0 heterocycles. The Morgan fingerprint density at radius 1 is 1.29 bits per heavy atom. The third-order valence-electron chi connectivity index (χ3n) is 2.74. The summed E-state index contributed by atoms with van der Waals surface area (Å²) in [5, 5.41) is 9.86. The van der Waals surface area contributed by atoms with E-state index in [1.807, 2.05) is 32.9 Å². The molecule has 1 atom stereocenters. The van der Waals surface area contributed by atoms with E-state index in [0.29, 0.717) is 6.54 Å². The first kappa shape index (κ1) is 14.0. The Kier molecular flexibility index (Phi) is 4.54. The number of nitrogens with zero attached hydrogens (tertiary/aromatic N) is 1. The van der Waals surface area contributed by atoms with E-state index in [1.165, 1.54) is 0 Å². The lowest BCUT2D eigenvalue weighted by Gasteiger charge is -2.30. The summed E-state index contributed by atoms with van der Waals surface area (Å²) in [6, 6.07) is 8.29. The van der Waals surface area contributed by atoms with E-state index >= 15 is 0 Å². The van der Waals surface area contributed by atoms with Crippen molar-refractivity contribution in [2.24, 2.45) is 5.73 Å². The van der Waals surface area contributed by atoms with Crippen LogP contribution in [0.4, 0.5) is 5.69 Å². The molecule has 0 bridgehead atoms. The maximum atomic E-state index is 9.86. The molecular weight excluding hydrogens is 212 g/mol. The van der Waals surface area contributed by atoms with E-state index in [4.69, 9.17) is 5.73 Å². The van der Waals surface area contributed by atoms with E-state index in [9.17, 15) is 5.11 Å². The summed E-state index contributed by atoms with van der Waals surface area (Å²) >= 11 is 0. The lowest BCUT2D eigenvalue weighted by Crippen LogP contribution is -2.38. The van der Waals surface area contributed by atoms with Gasteiger partial charge in [0.1, 0.15) is 0 Å². The number of rotatable bonds is 5. The molecule has 0 aromatic heterocycles. The van der Waals surface area contributed by atoms with Gasteiger partial charge in [-0.15, -0.1) is 0 Å². The van der Waals surface area contributed by atoms with Crippen LogP contribution in [0.5, 0.6) is 0 Å². The quantitative estimate of drug-likeness (QED) is 0.824. The van der Waals surface area contributed by atoms with Gasteiger partial charge in [0.15, 0.2) is 0 Å². The zero-order valence-electron chi connectivity index (χ0n) is 11.3. The Morgan fingerprint density at radius 2 is 1.82 bits per heavy atom. The average molecular weight is 236 g/mol. The highest BCUT2D eigenvalue weighted by molar-refractivity contribution is 5.48. The van der Waals surface area contributed by atoms with Crippen LogP contribution in [-0.2, 0) is 0 Å². The maximum Gasteiger partial charge on any atom is 0.0765 e. The summed E-state index contributed by atoms with van der Waals surface area (Å²) in [6.45, 7) is 9.22. The zero-order chi connectivity index (χ0) is 13.1. The Bertz CT molecular complexity index is 338. The Hall–Kier alpha value is -1.06. The molecule has 3 nitrogen and oxygen atoms in total. The van der Waals surface area contributed by atoms with Crippen molar-refractivity contribution in [3.63, 3.8) is 0 Å². The van der Waals surface area contributed by atoms with Crippen molar-refractivity contribution in [2.45, 2.75) is 39.3 Å². The first-order valence-corrected chi connectivity index (χ1v) is 6.16. The smallest absolute Gasteiger partial charge is 0.0765 e. The van der Waals surface area contributed by atoms with E-state index in [0.717, 1.165) is 17.8 Å². The van der Waals surface area contributed by atoms with Crippen molar-refractivity contribution in [1.29, 1.82) is 0 Å². The highest BCUT2D eigenvalue weighted by Gasteiger charge is 2.17. The molecule has 3 N–H and O–H groups in total. The van der Waals surface area contributed by atoms with Crippen LogP contribution < -0.4 is 10.6 Å². The first-order valence-electron chi connectivity index (χ1n) is 6.16. The fourth-order valence-corrected chi connectivity index (χ4v) is 1.84. The standard InChI is InChI=1S/C14H24N2O/c1-5-16(10-14(3,4)17)13-8-6-12(7-9-13)11(2)15/h6-9,11,17H,5,10,15H2,1-4H3/t11-/m1/s1. The summed E-state index contributed by atoms with van der Waals surface area (Å²) in [7, 11) is 0. The lowest BCUT2D eigenvalue weighted by atomic mass is 10.1. The highest BCUT2D eigenvalue weighted by atomic mass is 16.3. The molecule has 0 aliphatic heterocycles. The van der Waals surface area contributed by atoms with Crippen LogP contribution in [0.1, 0.15) is 39.3 Å². The molecule has 0 radical (unpaired) electrons. The van der Waals surface area contributed by atoms with Crippen LogP contribution in [0.3, 0.4) is 0 Å². The highest BCUT2D eigenvalue weighted by Crippen LogP contribution is 2.19. The predicted octanol–water partition coefficient (Wildman–Crippen LogP) is 2.30. The minimum absolute atomic E-state index is 0.0633. The molecule has 0 saturated carbocycles. The molecule has 0 amide bonds. The van der Waals surface area contributed by atoms with Crippen molar-refractivity contribution in [3.05, 3.63) is 29.8 Å². The average Bonchev–Trinajstić information content (AvgIpc) is 2.25. The van der Waals surface area contributed by atoms with Gasteiger partial charge in [-0.3, -0.25) is 0 Å². The molecular formula is C14H24N2O. The van der Waals surface area contributed by atoms with Crippen LogP contribution in [-0.4, -0.2) is 23.8 Å². The fraction of sp³-hybridized carbons (Fsp3) is 0.571. The van der Waals surface area contributed by atoms with Crippen LogP contribution in [0.15, 0.2) is 24.3 Å². The minimum atomic E-state index is -0.685. The second kappa shape index (κ2) is 5.52. The van der Waals surface area contributed by atoms with Gasteiger partial charge in [-0.1, -0.05) is 12.1 Å². The number of anilines is 1. The number of benzene rings is 1. The summed E-state index contributed by atoms with van der Waals surface area (Å²) in [4.78, 5) is 2.16. The van der Waals surface area contributed by atoms with Crippen molar-refractivity contribution in [2.75, 3.05) is 18.0 Å². The Labute approximate surface area is 104 Å². The van der Waals surface area contributed by atoms with Gasteiger partial charge in [-0.25, -0.2) is 0 Å². The number of hydrogen-bond acceptors (Lipinski definition) is 3. The van der Waals surface area contributed by atoms with Gasteiger partial charge in [0.25, 0.3) is 0 Å². The molecule has 0 saturated heterocycles. The molecule has 1 rings (SSSR count). The van der Waals surface area contributed by atoms with E-state index in [2.05, 4.69) is 24.0 Å². The molecule has 0 unspecified atom stereocenters. The molecule has 96 valence electrons. The van der Waals surface area contributed by atoms with Gasteiger partial charge in [-0.2, -0.15) is 0 Å². The second-order valence-electron chi connectivity index (χ2n) is 5.21. The first-order chi connectivity index (χ1) is 7.83. The van der Waals surface area contributed by atoms with Gasteiger partial charge in [0.05, 0.1) is 5.60 Å². The second-order valence-corrected chi connectivity index (χ2v) is 5.21. The number of nitrogens with two attached hydrogens (primary N) is 1. The van der Waals surface area contributed by atoms with Gasteiger partial charge in [0.2, 0.25) is 0 Å². The predicted molar refractivity (Wildman–Crippen MR) is 73.2 cm³/mol. The molecule has 0 fully saturated rings. The topological polar surface area (TPSA) is 49.5 Å². The van der Waals surface area contributed by atoms with Crippen LogP contribution in [0, 0.1) is 0 Å². The van der Waals surface area contributed by atoms with Crippen molar-refractivity contribution < 1.29 is 5.11 Å². The maximum absolute atomic E-state index is 9.86. The van der Waals surface area contributed by atoms with Gasteiger partial charge < -0.3 is 15.7 Å². The normalized spacial score (nSPS) is 13.5. The third-order valence-corrected chi connectivity index (χ3v) is 2.74. The summed E-state index contributed by atoms with van der Waals surface area (Å²) < 4.78 is 0. The van der Waals surface area contributed by atoms with Crippen molar-refractivity contribution in [3.8, 4) is 0 Å². The number of hydrogen-bond donors (Lipinski definition) is 2. The fourth-order valence-electron chi connectivity index (χ4n) is 1.84. The SMILES string of the molecule is CCN(CC(C)(C)O)c1ccc([C@@H](C)N)cc1. The van der Waals surface area contributed by atoms with E-state index < -0.39 is 5.60 Å². The summed E-state index contributed by atoms with van der Waals surface area (Å²) in [6.07, 6.45) is 0. The van der Waals surface area contributed by atoms with Crippen LogP contribution >= 0.6 is 0 Å². The van der Waals surface area contributed by atoms with E-state index in [-0.39, 0.29) is 6.04 Å². The monoisotopic (exact) mass is 236 g/mol. The van der Waals surface area contributed by atoms with Crippen molar-refractivity contribution >= 4 is 5.69 Å². The largest absolute Gasteiger partial charge is 0.389 e. The van der Waals surface area contributed by atoms with Crippen LogP contribution in [0.2, 0.25) is 0 Å². The summed E-state index contributed by atoms with van der Waals surface area (Å²) in [5.41, 5.74) is 7.39. The zero-order valence-corrected chi connectivity index (χ0v) is 11.3. The van der Waals surface area contributed by atoms with Gasteiger partial charge in [0, 0.05) is 24.8 Å². The Morgan fingerprint density at radius 3 is 2.18 bits per heavy atom. The number of likely N-dealkylation sites (N-methyl/N-ethyl adjacent to an activating group) is 1. The molecule has 0 aliphatic rings. The van der Waals surface area contributed by atoms with Gasteiger partial charge >= 0.3 is 0 Å². The third kappa shape index (κ3) is 4.36. The number of aliphatic hydroxyl groups is 1. The molecule has 1 aromatic carbocycles. The molecule has 17 heavy (non-hydrogen) atoms. The molecule has 3 heteroatoms.